The van der Waals surface area contributed by atoms with Gasteiger partial charge in [-0.25, -0.2) is 0 Å². The van der Waals surface area contributed by atoms with E-state index in [4.69, 9.17) is 26.4 Å². The second-order valence-electron chi connectivity index (χ2n) is 5.72. The zero-order chi connectivity index (χ0) is 21.2. The van der Waals surface area contributed by atoms with Crippen LogP contribution in [0.15, 0.2) is 12.1 Å². The molecule has 10 nitrogen and oxygen atoms in total. The predicted octanol–water partition coefficient (Wildman–Crippen LogP) is 2.41. The molecule has 2 aromatic rings. The van der Waals surface area contributed by atoms with Crippen molar-refractivity contribution in [3.05, 3.63) is 17.7 Å². The molecule has 0 spiro atoms. The van der Waals surface area contributed by atoms with Crippen LogP contribution in [0.3, 0.4) is 0 Å². The number of nitrogens with one attached hydrogen (secondary N) is 2. The van der Waals surface area contributed by atoms with E-state index in [-0.39, 0.29) is 11.1 Å². The minimum atomic E-state index is -0.437. The van der Waals surface area contributed by atoms with Crippen molar-refractivity contribution < 1.29 is 19.0 Å². The van der Waals surface area contributed by atoms with Crippen LogP contribution in [0, 0.1) is 0 Å². The topological polar surface area (TPSA) is 112 Å². The van der Waals surface area contributed by atoms with Crippen molar-refractivity contribution in [1.82, 2.24) is 25.5 Å². The fourth-order valence-electron chi connectivity index (χ4n) is 2.42. The second-order valence-corrected chi connectivity index (χ2v) is 6.13. The summed E-state index contributed by atoms with van der Waals surface area (Å²) in [7, 11) is 0. The Morgan fingerprint density at radius 1 is 1.07 bits per heavy atom. The number of hydrogen-bond donors (Lipinski definition) is 2. The van der Waals surface area contributed by atoms with E-state index in [0.29, 0.717) is 49.2 Å². The molecular formula is C18H26N6O4S. The Bertz CT molecular complexity index is 815. The van der Waals surface area contributed by atoms with E-state index < -0.39 is 5.91 Å². The number of carbonyl (C=O) groups excluding carboxylic acids is 1. The van der Waals surface area contributed by atoms with E-state index in [1.807, 2.05) is 27.7 Å². The van der Waals surface area contributed by atoms with Crippen molar-refractivity contribution >= 4 is 29.2 Å². The first-order chi connectivity index (χ1) is 14.0. The molecule has 1 aromatic carbocycles. The highest BCUT2D eigenvalue weighted by molar-refractivity contribution is 7.80. The molecule has 1 amide bonds. The van der Waals surface area contributed by atoms with Gasteiger partial charge in [-0.15, -0.1) is 5.10 Å². The van der Waals surface area contributed by atoms with Gasteiger partial charge in [0.05, 0.1) is 26.4 Å². The molecule has 158 valence electrons. The molecule has 0 fully saturated rings. The van der Waals surface area contributed by atoms with Crippen molar-refractivity contribution in [2.24, 2.45) is 0 Å². The second kappa shape index (κ2) is 11.1. The summed E-state index contributed by atoms with van der Waals surface area (Å²) in [6, 6.07) is 3.18. The fraction of sp³-hybridized carbons (Fsp3) is 0.500. The average molecular weight is 423 g/mol. The van der Waals surface area contributed by atoms with E-state index in [0.717, 1.165) is 6.42 Å². The Morgan fingerprint density at radius 2 is 1.69 bits per heavy atom. The number of thiocarbonyl (C=S) groups is 1. The summed E-state index contributed by atoms with van der Waals surface area (Å²) in [6.07, 6.45) is 0.874. The van der Waals surface area contributed by atoms with Gasteiger partial charge in [-0.3, -0.25) is 15.4 Å². The first kappa shape index (κ1) is 22.3. The first-order valence-corrected chi connectivity index (χ1v) is 9.89. The Morgan fingerprint density at radius 3 is 2.24 bits per heavy atom. The number of aryl methyl sites for hydroxylation is 1. The maximum atomic E-state index is 12.7. The van der Waals surface area contributed by atoms with Crippen molar-refractivity contribution in [2.75, 3.05) is 25.1 Å². The normalized spacial score (nSPS) is 10.3. The molecule has 0 atom stereocenters. The summed E-state index contributed by atoms with van der Waals surface area (Å²) in [5.74, 6) is 1.08. The van der Waals surface area contributed by atoms with Gasteiger partial charge in [0.1, 0.15) is 0 Å². The number of aromatic nitrogens is 4. The summed E-state index contributed by atoms with van der Waals surface area (Å²) in [5.41, 5.74) is 0.312. The molecule has 1 heterocycles. The van der Waals surface area contributed by atoms with E-state index in [9.17, 15) is 4.79 Å². The third kappa shape index (κ3) is 6.28. The van der Waals surface area contributed by atoms with E-state index >= 15 is 0 Å². The lowest BCUT2D eigenvalue weighted by molar-refractivity contribution is 0.0976. The van der Waals surface area contributed by atoms with E-state index in [1.54, 1.807) is 12.1 Å². The number of ether oxygens (including phenoxy) is 3. The van der Waals surface area contributed by atoms with Crippen LogP contribution < -0.4 is 24.8 Å². The van der Waals surface area contributed by atoms with Crippen LogP contribution in [0.2, 0.25) is 0 Å². The van der Waals surface area contributed by atoms with Crippen LogP contribution in [-0.4, -0.2) is 51.0 Å². The van der Waals surface area contributed by atoms with Gasteiger partial charge >= 0.3 is 0 Å². The Hall–Kier alpha value is -2.95. The van der Waals surface area contributed by atoms with Crippen LogP contribution in [0.5, 0.6) is 17.2 Å². The van der Waals surface area contributed by atoms with Gasteiger partial charge in [0.25, 0.3) is 11.9 Å². The number of hydrogen-bond acceptors (Lipinski definition) is 8. The predicted molar refractivity (Wildman–Crippen MR) is 112 cm³/mol. The summed E-state index contributed by atoms with van der Waals surface area (Å²) in [4.78, 5) is 14.1. The number of carbonyl (C=O) groups is 1. The molecule has 2 N–H and O–H groups in total. The van der Waals surface area contributed by atoms with Gasteiger partial charge in [0.2, 0.25) is 5.75 Å². The van der Waals surface area contributed by atoms with Gasteiger partial charge in [0.15, 0.2) is 16.6 Å². The van der Waals surface area contributed by atoms with Crippen molar-refractivity contribution in [2.45, 2.75) is 40.7 Å². The average Bonchev–Trinajstić information content (AvgIpc) is 3.11. The molecule has 1 aromatic heterocycles. The zero-order valence-electron chi connectivity index (χ0n) is 17.0. The third-order valence-electron chi connectivity index (χ3n) is 3.50. The number of nitrogens with zero attached hydrogens (tertiary/aromatic N) is 4. The highest BCUT2D eigenvalue weighted by Crippen LogP contribution is 2.39. The smallest absolute Gasteiger partial charge is 0.269 e. The van der Waals surface area contributed by atoms with Crippen LogP contribution >= 0.6 is 12.2 Å². The van der Waals surface area contributed by atoms with E-state index in [1.165, 1.54) is 4.80 Å². The summed E-state index contributed by atoms with van der Waals surface area (Å²) in [5, 5.41) is 17.2. The van der Waals surface area contributed by atoms with Gasteiger partial charge in [-0.1, -0.05) is 12.0 Å². The highest BCUT2D eigenvalue weighted by Gasteiger charge is 2.19. The van der Waals surface area contributed by atoms with Crippen LogP contribution in [0.1, 0.15) is 44.5 Å². The number of benzene rings is 1. The van der Waals surface area contributed by atoms with Crippen molar-refractivity contribution in [1.29, 1.82) is 0 Å². The SMILES string of the molecule is CCCn1nnc(NC(=S)NC(=O)c2cc(OCC)c(OCC)c(OCC)c2)n1. The maximum absolute atomic E-state index is 12.7. The summed E-state index contributed by atoms with van der Waals surface area (Å²) < 4.78 is 16.9. The molecule has 0 aliphatic heterocycles. The molecule has 0 radical (unpaired) electrons. The minimum absolute atomic E-state index is 0.0517. The molecule has 29 heavy (non-hydrogen) atoms. The van der Waals surface area contributed by atoms with Gasteiger partial charge < -0.3 is 14.2 Å². The lowest BCUT2D eigenvalue weighted by Gasteiger charge is -2.17. The minimum Gasteiger partial charge on any atom is -0.490 e. The fourth-order valence-corrected chi connectivity index (χ4v) is 2.60. The lowest BCUT2D eigenvalue weighted by atomic mass is 10.1. The van der Waals surface area contributed by atoms with Crippen LogP contribution in [0.25, 0.3) is 0 Å². The Balaban J connectivity index is 2.16. The Labute approximate surface area is 174 Å². The third-order valence-corrected chi connectivity index (χ3v) is 3.70. The van der Waals surface area contributed by atoms with Gasteiger partial charge in [-0.05, 0) is 56.8 Å². The molecular weight excluding hydrogens is 396 g/mol. The molecule has 0 aliphatic carbocycles. The zero-order valence-corrected chi connectivity index (χ0v) is 17.8. The quantitative estimate of drug-likeness (QED) is 0.557. The molecule has 0 saturated carbocycles. The van der Waals surface area contributed by atoms with Crippen LogP contribution in [0.4, 0.5) is 5.95 Å². The molecule has 0 bridgehead atoms. The number of amides is 1. The molecule has 0 saturated heterocycles. The van der Waals surface area contributed by atoms with Crippen molar-refractivity contribution in [3.8, 4) is 17.2 Å². The molecule has 2 rings (SSSR count). The number of anilines is 1. The first-order valence-electron chi connectivity index (χ1n) is 9.48. The molecule has 0 unspecified atom stereocenters. The highest BCUT2D eigenvalue weighted by atomic mass is 32.1. The Kier molecular flexibility index (Phi) is 8.59. The maximum Gasteiger partial charge on any atom is 0.269 e. The van der Waals surface area contributed by atoms with E-state index in [2.05, 4.69) is 26.0 Å². The summed E-state index contributed by atoms with van der Waals surface area (Å²) in [6.45, 7) is 9.46. The summed E-state index contributed by atoms with van der Waals surface area (Å²) >= 11 is 5.17. The standard InChI is InChI=1S/C18H26N6O4S/c1-5-9-24-22-17(21-23-24)20-18(29)19-16(25)12-10-13(26-6-2)15(28-8-4)14(11-12)27-7-3/h10-11H,5-9H2,1-4H3,(H2,19,20,22,25,29). The number of rotatable bonds is 10. The monoisotopic (exact) mass is 422 g/mol. The lowest BCUT2D eigenvalue weighted by Crippen LogP contribution is -2.34. The van der Waals surface area contributed by atoms with Crippen molar-refractivity contribution in [3.63, 3.8) is 0 Å². The van der Waals surface area contributed by atoms with Crippen LogP contribution in [-0.2, 0) is 6.54 Å². The molecule has 0 aliphatic rings. The van der Waals surface area contributed by atoms with Gasteiger partial charge in [-0.2, -0.15) is 4.80 Å². The largest absolute Gasteiger partial charge is 0.490 e. The number of tetrazole rings is 1. The van der Waals surface area contributed by atoms with Gasteiger partial charge in [0, 0.05) is 5.56 Å². The molecule has 11 heteroatoms.